The molecular formula is C18H24N2O3S. The minimum atomic E-state index is -0.741. The fourth-order valence-corrected chi connectivity index (χ4v) is 4.43. The van der Waals surface area contributed by atoms with Crippen molar-refractivity contribution in [1.82, 2.24) is 9.80 Å². The molecule has 1 aromatic rings. The summed E-state index contributed by atoms with van der Waals surface area (Å²) < 4.78 is 0. The van der Waals surface area contributed by atoms with E-state index in [9.17, 15) is 9.59 Å². The van der Waals surface area contributed by atoms with E-state index in [1.165, 1.54) is 0 Å². The van der Waals surface area contributed by atoms with Gasteiger partial charge >= 0.3 is 5.97 Å². The molecule has 2 aliphatic rings. The van der Waals surface area contributed by atoms with Gasteiger partial charge in [-0.3, -0.25) is 14.5 Å². The van der Waals surface area contributed by atoms with Gasteiger partial charge in [-0.25, -0.2) is 0 Å². The second-order valence-corrected chi connectivity index (χ2v) is 7.62. The third-order valence-corrected chi connectivity index (χ3v) is 5.86. The van der Waals surface area contributed by atoms with Crippen LogP contribution in [-0.4, -0.2) is 64.5 Å². The van der Waals surface area contributed by atoms with E-state index in [0.717, 1.165) is 30.2 Å². The summed E-state index contributed by atoms with van der Waals surface area (Å²) in [7, 11) is 0. The second-order valence-electron chi connectivity index (χ2n) is 6.40. The third-order valence-electron chi connectivity index (χ3n) is 4.92. The lowest BCUT2D eigenvalue weighted by Crippen LogP contribution is -2.48. The number of carboxylic acids is 1. The number of hydrogen-bond donors (Lipinski definition) is 1. The molecule has 24 heavy (non-hydrogen) atoms. The van der Waals surface area contributed by atoms with Crippen LogP contribution in [0.25, 0.3) is 0 Å². The summed E-state index contributed by atoms with van der Waals surface area (Å²) in [5.41, 5.74) is 1.04. The van der Waals surface area contributed by atoms with Crippen LogP contribution >= 0.6 is 11.8 Å². The second kappa shape index (κ2) is 8.03. The zero-order valence-corrected chi connectivity index (χ0v) is 14.6. The highest BCUT2D eigenvalue weighted by Crippen LogP contribution is 2.28. The van der Waals surface area contributed by atoms with Gasteiger partial charge in [0.15, 0.2) is 0 Å². The topological polar surface area (TPSA) is 60.9 Å². The van der Waals surface area contributed by atoms with Crippen molar-refractivity contribution in [3.8, 4) is 0 Å². The molecule has 130 valence electrons. The number of benzene rings is 1. The lowest BCUT2D eigenvalue weighted by Gasteiger charge is -2.38. The molecule has 5 nitrogen and oxygen atoms in total. The van der Waals surface area contributed by atoms with Gasteiger partial charge < -0.3 is 10.0 Å². The van der Waals surface area contributed by atoms with Crippen LogP contribution in [0.2, 0.25) is 0 Å². The van der Waals surface area contributed by atoms with Gasteiger partial charge in [-0.1, -0.05) is 30.3 Å². The van der Waals surface area contributed by atoms with E-state index in [-0.39, 0.29) is 17.9 Å². The SMILES string of the molecule is O=C(O)C1CCN(C(=O)C(c2ccccc2)N2CCSCC2)CC1. The van der Waals surface area contributed by atoms with Crippen LogP contribution in [0, 0.1) is 5.92 Å². The predicted octanol–water partition coefficient (Wildman–Crippen LogP) is 2.10. The molecule has 1 aromatic carbocycles. The summed E-state index contributed by atoms with van der Waals surface area (Å²) in [6.45, 7) is 2.92. The van der Waals surface area contributed by atoms with E-state index in [2.05, 4.69) is 4.90 Å². The van der Waals surface area contributed by atoms with Gasteiger partial charge in [-0.15, -0.1) is 0 Å². The Balaban J connectivity index is 1.75. The lowest BCUT2D eigenvalue weighted by atomic mass is 9.95. The molecule has 2 saturated heterocycles. The zero-order valence-electron chi connectivity index (χ0n) is 13.8. The van der Waals surface area contributed by atoms with Crippen LogP contribution in [0.4, 0.5) is 0 Å². The molecule has 3 rings (SSSR count). The maximum Gasteiger partial charge on any atom is 0.306 e. The Morgan fingerprint density at radius 3 is 2.25 bits per heavy atom. The van der Waals surface area contributed by atoms with Crippen LogP contribution in [-0.2, 0) is 9.59 Å². The molecule has 0 aliphatic carbocycles. The molecule has 1 amide bonds. The van der Waals surface area contributed by atoms with Crippen molar-refractivity contribution in [2.75, 3.05) is 37.7 Å². The molecule has 1 unspecified atom stereocenters. The molecule has 6 heteroatoms. The van der Waals surface area contributed by atoms with Gasteiger partial charge in [-0.05, 0) is 18.4 Å². The van der Waals surface area contributed by atoms with Gasteiger partial charge in [-0.2, -0.15) is 11.8 Å². The van der Waals surface area contributed by atoms with Crippen LogP contribution in [0.3, 0.4) is 0 Å². The van der Waals surface area contributed by atoms with Crippen molar-refractivity contribution in [3.63, 3.8) is 0 Å². The average molecular weight is 348 g/mol. The molecule has 1 N–H and O–H groups in total. The third kappa shape index (κ3) is 3.92. The number of rotatable bonds is 4. The number of nitrogens with zero attached hydrogens (tertiary/aromatic N) is 2. The fraction of sp³-hybridized carbons (Fsp3) is 0.556. The standard InChI is InChI=1S/C18H24N2O3S/c21-17(20-8-6-15(7-9-20)18(22)23)16(14-4-2-1-3-5-14)19-10-12-24-13-11-19/h1-5,15-16H,6-13H2,(H,22,23). The number of carbonyl (C=O) groups excluding carboxylic acids is 1. The number of aliphatic carboxylic acids is 1. The number of amides is 1. The Bertz CT molecular complexity index is 567. The first-order valence-corrected chi connectivity index (χ1v) is 9.70. The van der Waals surface area contributed by atoms with Crippen molar-refractivity contribution < 1.29 is 14.7 Å². The highest BCUT2D eigenvalue weighted by Gasteiger charge is 2.34. The van der Waals surface area contributed by atoms with E-state index in [1.54, 1.807) is 0 Å². The minimum Gasteiger partial charge on any atom is -0.481 e. The van der Waals surface area contributed by atoms with Crippen molar-refractivity contribution in [3.05, 3.63) is 35.9 Å². The normalized spacial score (nSPS) is 21.4. The molecule has 0 aromatic heterocycles. The molecule has 2 aliphatic heterocycles. The lowest BCUT2D eigenvalue weighted by molar-refractivity contribution is -0.147. The van der Waals surface area contributed by atoms with E-state index in [4.69, 9.17) is 5.11 Å². The fourth-order valence-electron chi connectivity index (χ4n) is 3.50. The average Bonchev–Trinajstić information content (AvgIpc) is 2.64. The van der Waals surface area contributed by atoms with E-state index in [1.807, 2.05) is 47.0 Å². The van der Waals surface area contributed by atoms with Gasteiger partial charge in [0.2, 0.25) is 5.91 Å². The largest absolute Gasteiger partial charge is 0.481 e. The number of hydrogen-bond acceptors (Lipinski definition) is 4. The monoisotopic (exact) mass is 348 g/mol. The highest BCUT2D eigenvalue weighted by atomic mass is 32.2. The van der Waals surface area contributed by atoms with Gasteiger partial charge in [0.05, 0.1) is 5.92 Å². The molecular weight excluding hydrogens is 324 g/mol. The zero-order chi connectivity index (χ0) is 16.9. The number of piperidine rings is 1. The van der Waals surface area contributed by atoms with E-state index in [0.29, 0.717) is 25.9 Å². The van der Waals surface area contributed by atoms with Crippen LogP contribution in [0.15, 0.2) is 30.3 Å². The summed E-state index contributed by atoms with van der Waals surface area (Å²) in [5.74, 6) is 1.18. The molecule has 1 atom stereocenters. The van der Waals surface area contributed by atoms with Crippen molar-refractivity contribution in [1.29, 1.82) is 0 Å². The summed E-state index contributed by atoms with van der Waals surface area (Å²) in [6.07, 6.45) is 1.11. The number of carboxylic acid groups (broad SMARTS) is 1. The molecule has 2 fully saturated rings. The maximum atomic E-state index is 13.2. The summed E-state index contributed by atoms with van der Waals surface area (Å²) >= 11 is 1.93. The molecule has 0 bridgehead atoms. The van der Waals surface area contributed by atoms with E-state index >= 15 is 0 Å². The van der Waals surface area contributed by atoms with Crippen LogP contribution in [0.1, 0.15) is 24.4 Å². The number of likely N-dealkylation sites (tertiary alicyclic amines) is 1. The summed E-state index contributed by atoms with van der Waals surface area (Å²) in [4.78, 5) is 28.5. The molecule has 0 saturated carbocycles. The Hall–Kier alpha value is -1.53. The molecule has 2 heterocycles. The van der Waals surface area contributed by atoms with Gasteiger partial charge in [0.25, 0.3) is 0 Å². The smallest absolute Gasteiger partial charge is 0.306 e. The Morgan fingerprint density at radius 2 is 1.67 bits per heavy atom. The van der Waals surface area contributed by atoms with Crippen molar-refractivity contribution >= 4 is 23.6 Å². The Kier molecular flexibility index (Phi) is 5.79. The van der Waals surface area contributed by atoms with Crippen molar-refractivity contribution in [2.45, 2.75) is 18.9 Å². The van der Waals surface area contributed by atoms with Gasteiger partial charge in [0.1, 0.15) is 6.04 Å². The minimum absolute atomic E-state index is 0.122. The van der Waals surface area contributed by atoms with Crippen LogP contribution < -0.4 is 0 Å². The maximum absolute atomic E-state index is 13.2. The van der Waals surface area contributed by atoms with Crippen molar-refractivity contribution in [2.24, 2.45) is 5.92 Å². The summed E-state index contributed by atoms with van der Waals surface area (Å²) in [6, 6.07) is 9.72. The quantitative estimate of drug-likeness (QED) is 0.903. The summed E-state index contributed by atoms with van der Waals surface area (Å²) in [5, 5.41) is 9.14. The number of thioether (sulfide) groups is 1. The predicted molar refractivity (Wildman–Crippen MR) is 95.0 cm³/mol. The van der Waals surface area contributed by atoms with Gasteiger partial charge in [0, 0.05) is 37.7 Å². The van der Waals surface area contributed by atoms with E-state index < -0.39 is 5.97 Å². The number of carbonyl (C=O) groups is 2. The molecule has 0 radical (unpaired) electrons. The Morgan fingerprint density at radius 1 is 1.04 bits per heavy atom. The van der Waals surface area contributed by atoms with Crippen LogP contribution in [0.5, 0.6) is 0 Å². The first-order valence-electron chi connectivity index (χ1n) is 8.55. The first-order chi connectivity index (χ1) is 11.7. The Labute approximate surface area is 147 Å². The first kappa shape index (κ1) is 17.3. The highest BCUT2D eigenvalue weighted by molar-refractivity contribution is 7.99. The molecule has 0 spiro atoms.